The number of nitriles is 1. The Morgan fingerprint density at radius 1 is 1.26 bits per heavy atom. The molecule has 23 heavy (non-hydrogen) atoms. The van der Waals surface area contributed by atoms with Crippen molar-refractivity contribution in [2.24, 2.45) is 5.92 Å². The minimum atomic E-state index is -0.854. The minimum Gasteiger partial charge on any atom is -0.468 e. The molecule has 1 aliphatic carbocycles. The molecule has 116 valence electrons. The molecule has 3 rings (SSSR count). The van der Waals surface area contributed by atoms with Crippen LogP contribution in [-0.4, -0.2) is 18.9 Å². The van der Waals surface area contributed by atoms with E-state index >= 15 is 0 Å². The van der Waals surface area contributed by atoms with E-state index in [0.717, 1.165) is 16.3 Å². The van der Waals surface area contributed by atoms with Gasteiger partial charge in [0.1, 0.15) is 11.7 Å². The molecule has 0 aromatic heterocycles. The smallest absolute Gasteiger partial charge is 0.316 e. The lowest BCUT2D eigenvalue weighted by Crippen LogP contribution is -2.40. The van der Waals surface area contributed by atoms with Crippen molar-refractivity contribution in [1.29, 1.82) is 5.26 Å². The SMILES string of the molecule is COC(=O)[C@H]1C[C@@](C#N)(c2cccc3ccccc23)CCC1=O. The van der Waals surface area contributed by atoms with Crippen LogP contribution in [0.1, 0.15) is 24.8 Å². The van der Waals surface area contributed by atoms with Gasteiger partial charge in [0, 0.05) is 6.42 Å². The van der Waals surface area contributed by atoms with Crippen LogP contribution < -0.4 is 0 Å². The highest BCUT2D eigenvalue weighted by Crippen LogP contribution is 2.43. The summed E-state index contributed by atoms with van der Waals surface area (Å²) in [6.07, 6.45) is 0.837. The van der Waals surface area contributed by atoms with Crippen LogP contribution in [0, 0.1) is 17.2 Å². The first kappa shape index (κ1) is 15.2. The van der Waals surface area contributed by atoms with Crippen LogP contribution in [-0.2, 0) is 19.7 Å². The summed E-state index contributed by atoms with van der Waals surface area (Å²) in [6, 6.07) is 16.1. The molecule has 2 aromatic carbocycles. The molecular weight excluding hydrogens is 290 g/mol. The summed E-state index contributed by atoms with van der Waals surface area (Å²) < 4.78 is 4.75. The lowest BCUT2D eigenvalue weighted by atomic mass is 9.65. The van der Waals surface area contributed by atoms with Gasteiger partial charge in [0.05, 0.1) is 18.6 Å². The van der Waals surface area contributed by atoms with Gasteiger partial charge < -0.3 is 4.74 Å². The van der Waals surface area contributed by atoms with Crippen LogP contribution >= 0.6 is 0 Å². The fourth-order valence-electron chi connectivity index (χ4n) is 3.48. The van der Waals surface area contributed by atoms with E-state index in [4.69, 9.17) is 4.74 Å². The molecule has 2 aromatic rings. The maximum Gasteiger partial charge on any atom is 0.316 e. The van der Waals surface area contributed by atoms with Gasteiger partial charge in [0.15, 0.2) is 0 Å². The highest BCUT2D eigenvalue weighted by atomic mass is 16.5. The van der Waals surface area contributed by atoms with Crippen LogP contribution in [0.3, 0.4) is 0 Å². The van der Waals surface area contributed by atoms with Gasteiger partial charge in [-0.05, 0) is 29.2 Å². The average molecular weight is 307 g/mol. The number of carbonyl (C=O) groups is 2. The lowest BCUT2D eigenvalue weighted by molar-refractivity contribution is -0.151. The maximum atomic E-state index is 12.1. The van der Waals surface area contributed by atoms with Crippen LogP contribution in [0.4, 0.5) is 0 Å². The predicted octanol–water partition coefficient (Wildman–Crippen LogP) is 3.14. The summed E-state index contributed by atoms with van der Waals surface area (Å²) >= 11 is 0. The molecule has 4 nitrogen and oxygen atoms in total. The minimum absolute atomic E-state index is 0.136. The number of esters is 1. The van der Waals surface area contributed by atoms with Gasteiger partial charge in [-0.2, -0.15) is 5.26 Å². The Kier molecular flexibility index (Phi) is 3.87. The molecule has 2 atom stereocenters. The number of methoxy groups -OCH3 is 1. The third-order valence-electron chi connectivity index (χ3n) is 4.74. The molecular formula is C19H17NO3. The van der Waals surface area contributed by atoms with Gasteiger partial charge in [-0.25, -0.2) is 0 Å². The average Bonchev–Trinajstić information content (AvgIpc) is 2.61. The zero-order chi connectivity index (χ0) is 16.4. The summed E-state index contributed by atoms with van der Waals surface area (Å²) in [7, 11) is 1.27. The molecule has 0 unspecified atom stereocenters. The Bertz CT molecular complexity index is 807. The molecule has 0 heterocycles. The molecule has 4 heteroatoms. The lowest BCUT2D eigenvalue weighted by Gasteiger charge is -2.34. The number of Topliss-reactive ketones (excluding diaryl/α,β-unsaturated/α-hetero) is 1. The van der Waals surface area contributed by atoms with Crippen molar-refractivity contribution in [1.82, 2.24) is 0 Å². The Labute approximate surface area is 134 Å². The van der Waals surface area contributed by atoms with Crippen LogP contribution in [0.25, 0.3) is 10.8 Å². The molecule has 1 fully saturated rings. The molecule has 0 saturated heterocycles. The standard InChI is InChI=1S/C19H17NO3/c1-23-18(22)15-11-19(12-20,10-9-17(15)21)16-8-4-6-13-5-2-3-7-14(13)16/h2-8,15H,9-11H2,1H3/t15-,19-/m0/s1. The molecule has 0 N–H and O–H groups in total. The normalized spacial score (nSPS) is 24.2. The van der Waals surface area contributed by atoms with Gasteiger partial charge >= 0.3 is 5.97 Å². The van der Waals surface area contributed by atoms with Gasteiger partial charge in [-0.15, -0.1) is 0 Å². The molecule has 0 amide bonds. The van der Waals surface area contributed by atoms with E-state index in [9.17, 15) is 14.9 Å². The van der Waals surface area contributed by atoms with Crippen molar-refractivity contribution in [2.45, 2.75) is 24.7 Å². The second-order valence-electron chi connectivity index (χ2n) is 5.97. The Hall–Kier alpha value is -2.67. The van der Waals surface area contributed by atoms with E-state index in [2.05, 4.69) is 6.07 Å². The van der Waals surface area contributed by atoms with E-state index in [-0.39, 0.29) is 18.6 Å². The number of carbonyl (C=O) groups excluding carboxylic acids is 2. The number of ether oxygens (including phenoxy) is 1. The highest BCUT2D eigenvalue weighted by Gasteiger charge is 2.45. The topological polar surface area (TPSA) is 67.2 Å². The van der Waals surface area contributed by atoms with Gasteiger partial charge in [0.2, 0.25) is 0 Å². The third-order valence-corrected chi connectivity index (χ3v) is 4.74. The summed E-state index contributed by atoms with van der Waals surface area (Å²) in [5, 5.41) is 11.9. The van der Waals surface area contributed by atoms with Crippen LogP contribution in [0.5, 0.6) is 0 Å². The summed E-state index contributed by atoms with van der Waals surface area (Å²) in [5.74, 6) is -1.54. The first-order chi connectivity index (χ1) is 11.1. The zero-order valence-corrected chi connectivity index (χ0v) is 12.9. The van der Waals surface area contributed by atoms with E-state index < -0.39 is 17.3 Å². The first-order valence-corrected chi connectivity index (χ1v) is 7.61. The summed E-state index contributed by atoms with van der Waals surface area (Å²) in [5.41, 5.74) is 0.0488. The molecule has 0 bridgehead atoms. The quantitative estimate of drug-likeness (QED) is 0.631. The number of hydrogen-bond acceptors (Lipinski definition) is 4. The van der Waals surface area contributed by atoms with E-state index in [1.807, 2.05) is 42.5 Å². The van der Waals surface area contributed by atoms with Crippen molar-refractivity contribution < 1.29 is 14.3 Å². The molecule has 0 radical (unpaired) electrons. The number of fused-ring (bicyclic) bond motifs is 1. The second kappa shape index (κ2) is 5.85. The Morgan fingerprint density at radius 2 is 2.00 bits per heavy atom. The number of hydrogen-bond donors (Lipinski definition) is 0. The maximum absolute atomic E-state index is 12.1. The molecule has 1 saturated carbocycles. The number of ketones is 1. The fourth-order valence-corrected chi connectivity index (χ4v) is 3.48. The largest absolute Gasteiger partial charge is 0.468 e. The second-order valence-corrected chi connectivity index (χ2v) is 5.97. The predicted molar refractivity (Wildman–Crippen MR) is 85.6 cm³/mol. The number of rotatable bonds is 2. The number of benzene rings is 2. The third kappa shape index (κ3) is 2.49. The molecule has 0 aliphatic heterocycles. The molecule has 0 spiro atoms. The summed E-state index contributed by atoms with van der Waals surface area (Å²) in [4.78, 5) is 24.0. The highest BCUT2D eigenvalue weighted by molar-refractivity contribution is 6.00. The van der Waals surface area contributed by atoms with Crippen molar-refractivity contribution in [2.75, 3.05) is 7.11 Å². The fraction of sp³-hybridized carbons (Fsp3) is 0.316. The number of nitrogens with zero attached hydrogens (tertiary/aromatic N) is 1. The molecule has 1 aliphatic rings. The monoisotopic (exact) mass is 307 g/mol. The van der Waals surface area contributed by atoms with E-state index in [0.29, 0.717) is 6.42 Å². The zero-order valence-electron chi connectivity index (χ0n) is 12.9. The van der Waals surface area contributed by atoms with Crippen molar-refractivity contribution in [3.05, 3.63) is 48.0 Å². The Morgan fingerprint density at radius 3 is 2.74 bits per heavy atom. The Balaban J connectivity index is 2.12. The van der Waals surface area contributed by atoms with Crippen LogP contribution in [0.15, 0.2) is 42.5 Å². The van der Waals surface area contributed by atoms with E-state index in [1.165, 1.54) is 7.11 Å². The van der Waals surface area contributed by atoms with Crippen molar-refractivity contribution in [3.8, 4) is 6.07 Å². The van der Waals surface area contributed by atoms with Gasteiger partial charge in [-0.1, -0.05) is 42.5 Å². The van der Waals surface area contributed by atoms with Crippen molar-refractivity contribution in [3.63, 3.8) is 0 Å². The van der Waals surface area contributed by atoms with Gasteiger partial charge in [0.25, 0.3) is 0 Å². The van der Waals surface area contributed by atoms with Crippen molar-refractivity contribution >= 4 is 22.5 Å². The van der Waals surface area contributed by atoms with Gasteiger partial charge in [-0.3, -0.25) is 9.59 Å². The summed E-state index contributed by atoms with van der Waals surface area (Å²) in [6.45, 7) is 0. The van der Waals surface area contributed by atoms with Crippen LogP contribution in [0.2, 0.25) is 0 Å². The van der Waals surface area contributed by atoms with E-state index in [1.54, 1.807) is 0 Å². The first-order valence-electron chi connectivity index (χ1n) is 7.61.